The standard InChI is InChI=1S/C20H28O9/c1-9(12(23)8-21)19(27)29-13-7-20(3)14(24)6-5-11(22)16(20)17(25)15(13)10(2)18(26)28-4/h12-17,21,23-25H,1-2,5-8H2,3-4H3/t12-,13-,14-,15-,16-,17-,20-/m1/s1. The maximum absolute atomic E-state index is 12.6. The SMILES string of the molecule is C=C(C(=O)OC)[C@H]1[C@@H](O)[C@H]2C(=O)CC[C@@H](O)[C@@]2(C)C[C@H]1OC(=O)C(=C)[C@H](O)CO. The van der Waals surface area contributed by atoms with E-state index >= 15 is 0 Å². The molecular weight excluding hydrogens is 384 g/mol. The number of rotatable bonds is 6. The van der Waals surface area contributed by atoms with Crippen molar-refractivity contribution >= 4 is 17.7 Å². The highest BCUT2D eigenvalue weighted by atomic mass is 16.5. The van der Waals surface area contributed by atoms with Gasteiger partial charge in [0.05, 0.1) is 43.3 Å². The van der Waals surface area contributed by atoms with Crippen molar-refractivity contribution in [1.29, 1.82) is 0 Å². The zero-order valence-electron chi connectivity index (χ0n) is 16.5. The van der Waals surface area contributed by atoms with Crippen LogP contribution in [0.1, 0.15) is 26.2 Å². The van der Waals surface area contributed by atoms with E-state index in [4.69, 9.17) is 9.84 Å². The Morgan fingerprint density at radius 1 is 1.28 bits per heavy atom. The molecule has 162 valence electrons. The van der Waals surface area contributed by atoms with Crippen molar-refractivity contribution in [3.8, 4) is 0 Å². The lowest BCUT2D eigenvalue weighted by atomic mass is 9.53. The monoisotopic (exact) mass is 412 g/mol. The van der Waals surface area contributed by atoms with Crippen molar-refractivity contribution < 1.29 is 44.3 Å². The van der Waals surface area contributed by atoms with Crippen molar-refractivity contribution in [1.82, 2.24) is 0 Å². The van der Waals surface area contributed by atoms with Crippen LogP contribution in [0.25, 0.3) is 0 Å². The van der Waals surface area contributed by atoms with Gasteiger partial charge in [0.15, 0.2) is 0 Å². The second-order valence-corrected chi connectivity index (χ2v) is 7.91. The first-order chi connectivity index (χ1) is 13.5. The Morgan fingerprint density at radius 3 is 2.45 bits per heavy atom. The lowest BCUT2D eigenvalue weighted by Gasteiger charge is -2.54. The molecule has 2 aliphatic carbocycles. The zero-order valence-corrected chi connectivity index (χ0v) is 16.5. The topological polar surface area (TPSA) is 151 Å². The molecule has 2 rings (SSSR count). The van der Waals surface area contributed by atoms with Crippen LogP contribution in [0.5, 0.6) is 0 Å². The molecule has 2 aliphatic rings. The Labute approximate surface area is 168 Å². The van der Waals surface area contributed by atoms with Gasteiger partial charge >= 0.3 is 11.9 Å². The summed E-state index contributed by atoms with van der Waals surface area (Å²) in [6, 6.07) is 0. The van der Waals surface area contributed by atoms with Gasteiger partial charge in [-0.25, -0.2) is 9.59 Å². The fourth-order valence-electron chi connectivity index (χ4n) is 4.44. The van der Waals surface area contributed by atoms with Crippen LogP contribution in [0.3, 0.4) is 0 Å². The number of esters is 2. The molecule has 2 saturated carbocycles. The number of hydrogen-bond acceptors (Lipinski definition) is 9. The molecule has 29 heavy (non-hydrogen) atoms. The molecule has 0 aromatic heterocycles. The molecule has 0 radical (unpaired) electrons. The molecule has 0 amide bonds. The molecule has 7 atom stereocenters. The third-order valence-electron chi connectivity index (χ3n) is 6.18. The van der Waals surface area contributed by atoms with Crippen LogP contribution in [0.2, 0.25) is 0 Å². The fraction of sp³-hybridized carbons (Fsp3) is 0.650. The first kappa shape index (κ1) is 23.2. The summed E-state index contributed by atoms with van der Waals surface area (Å²) in [6.45, 7) is 7.92. The Morgan fingerprint density at radius 2 is 1.90 bits per heavy atom. The van der Waals surface area contributed by atoms with Gasteiger partial charge in [0.2, 0.25) is 0 Å². The third-order valence-corrected chi connectivity index (χ3v) is 6.18. The molecule has 0 aromatic rings. The van der Waals surface area contributed by atoms with Gasteiger partial charge in [-0.1, -0.05) is 20.1 Å². The van der Waals surface area contributed by atoms with Crippen LogP contribution in [-0.2, 0) is 23.9 Å². The van der Waals surface area contributed by atoms with E-state index in [0.29, 0.717) is 0 Å². The number of carbonyl (C=O) groups is 3. The Bertz CT molecular complexity index is 715. The number of ether oxygens (including phenoxy) is 2. The number of aliphatic hydroxyl groups is 4. The molecular formula is C20H28O9. The Kier molecular flexibility index (Phi) is 7.00. The van der Waals surface area contributed by atoms with Crippen LogP contribution in [-0.4, -0.2) is 76.3 Å². The summed E-state index contributed by atoms with van der Waals surface area (Å²) in [7, 11) is 1.13. The van der Waals surface area contributed by atoms with Crippen LogP contribution in [0, 0.1) is 17.3 Å². The van der Waals surface area contributed by atoms with E-state index in [1.165, 1.54) is 0 Å². The molecule has 0 spiro atoms. The summed E-state index contributed by atoms with van der Waals surface area (Å²) in [6.07, 6.45) is -4.80. The molecule has 4 N–H and O–H groups in total. The molecule has 0 aliphatic heterocycles. The highest BCUT2D eigenvalue weighted by Gasteiger charge is 2.60. The molecule has 9 nitrogen and oxygen atoms in total. The molecule has 0 unspecified atom stereocenters. The summed E-state index contributed by atoms with van der Waals surface area (Å²) in [5.74, 6) is -4.25. The van der Waals surface area contributed by atoms with Crippen LogP contribution < -0.4 is 0 Å². The van der Waals surface area contributed by atoms with E-state index in [0.717, 1.165) is 7.11 Å². The van der Waals surface area contributed by atoms with Crippen molar-refractivity contribution in [2.24, 2.45) is 17.3 Å². The summed E-state index contributed by atoms with van der Waals surface area (Å²) < 4.78 is 10.1. The largest absolute Gasteiger partial charge is 0.466 e. The van der Waals surface area contributed by atoms with Crippen LogP contribution in [0.4, 0.5) is 0 Å². The second-order valence-electron chi connectivity index (χ2n) is 7.91. The molecule has 0 saturated heterocycles. The van der Waals surface area contributed by atoms with Crippen LogP contribution in [0.15, 0.2) is 24.3 Å². The Balaban J connectivity index is 2.42. The first-order valence-electron chi connectivity index (χ1n) is 9.34. The molecule has 0 heterocycles. The number of methoxy groups -OCH3 is 1. The van der Waals surface area contributed by atoms with Gasteiger partial charge in [0.25, 0.3) is 0 Å². The zero-order chi connectivity index (χ0) is 22.1. The lowest BCUT2D eigenvalue weighted by molar-refractivity contribution is -0.189. The normalized spacial score (nSPS) is 35.2. The summed E-state index contributed by atoms with van der Waals surface area (Å²) in [5, 5.41) is 40.2. The molecule has 0 bridgehead atoms. The minimum Gasteiger partial charge on any atom is -0.466 e. The van der Waals surface area contributed by atoms with E-state index < -0.39 is 65.8 Å². The highest BCUT2D eigenvalue weighted by Crippen LogP contribution is 2.52. The van der Waals surface area contributed by atoms with Gasteiger partial charge < -0.3 is 29.9 Å². The van der Waals surface area contributed by atoms with E-state index in [1.54, 1.807) is 6.92 Å². The van der Waals surface area contributed by atoms with Gasteiger partial charge in [-0.15, -0.1) is 0 Å². The average molecular weight is 412 g/mol. The van der Waals surface area contributed by atoms with Crippen molar-refractivity contribution in [3.63, 3.8) is 0 Å². The predicted octanol–water partition coefficient (Wildman–Crippen LogP) is -0.736. The van der Waals surface area contributed by atoms with Gasteiger partial charge in [-0.3, -0.25) is 4.79 Å². The van der Waals surface area contributed by atoms with Crippen molar-refractivity contribution in [3.05, 3.63) is 24.3 Å². The van der Waals surface area contributed by atoms with E-state index in [9.17, 15) is 29.7 Å². The number of fused-ring (bicyclic) bond motifs is 1. The summed E-state index contributed by atoms with van der Waals surface area (Å²) >= 11 is 0. The number of ketones is 1. The van der Waals surface area contributed by atoms with Gasteiger partial charge in [-0.05, 0) is 12.8 Å². The minimum absolute atomic E-state index is 0.0312. The summed E-state index contributed by atoms with van der Waals surface area (Å²) in [5.41, 5.74) is -1.68. The quantitative estimate of drug-likeness (QED) is 0.327. The van der Waals surface area contributed by atoms with Gasteiger partial charge in [-0.2, -0.15) is 0 Å². The van der Waals surface area contributed by atoms with Gasteiger partial charge in [0.1, 0.15) is 18.0 Å². The van der Waals surface area contributed by atoms with E-state index in [1.807, 2.05) is 0 Å². The number of Topliss-reactive ketones (excluding diaryl/α,β-unsaturated/α-hetero) is 1. The maximum atomic E-state index is 12.6. The summed E-state index contributed by atoms with van der Waals surface area (Å²) in [4.78, 5) is 37.0. The average Bonchev–Trinajstić information content (AvgIpc) is 2.68. The Hall–Kier alpha value is -2.07. The fourth-order valence-corrected chi connectivity index (χ4v) is 4.44. The molecule has 0 aromatic carbocycles. The van der Waals surface area contributed by atoms with E-state index in [-0.39, 0.29) is 30.6 Å². The molecule has 9 heteroatoms. The highest BCUT2D eigenvalue weighted by molar-refractivity contribution is 5.91. The van der Waals surface area contributed by atoms with Gasteiger partial charge in [0, 0.05) is 17.4 Å². The lowest BCUT2D eigenvalue weighted by Crippen LogP contribution is -2.62. The third kappa shape index (κ3) is 4.13. The van der Waals surface area contributed by atoms with Crippen molar-refractivity contribution in [2.45, 2.75) is 50.6 Å². The number of aliphatic hydroxyl groups excluding tert-OH is 4. The number of carbonyl (C=O) groups excluding carboxylic acids is 3. The smallest absolute Gasteiger partial charge is 0.336 e. The minimum atomic E-state index is -1.54. The van der Waals surface area contributed by atoms with Crippen molar-refractivity contribution in [2.75, 3.05) is 13.7 Å². The van der Waals surface area contributed by atoms with E-state index in [2.05, 4.69) is 17.9 Å². The maximum Gasteiger partial charge on any atom is 0.336 e. The molecule has 2 fully saturated rings. The first-order valence-corrected chi connectivity index (χ1v) is 9.34. The number of hydrogen-bond donors (Lipinski definition) is 4. The van der Waals surface area contributed by atoms with Crippen LogP contribution >= 0.6 is 0 Å². The predicted molar refractivity (Wildman–Crippen MR) is 99.2 cm³/mol. The second kappa shape index (κ2) is 8.74.